The van der Waals surface area contributed by atoms with Gasteiger partial charge in [-0.05, 0) is 35.2 Å². The molecule has 0 unspecified atom stereocenters. The van der Waals surface area contributed by atoms with Crippen molar-refractivity contribution in [2.75, 3.05) is 0 Å². The molecule has 142 valence electrons. The van der Waals surface area contributed by atoms with Crippen molar-refractivity contribution >= 4 is 44.0 Å². The molecule has 0 aliphatic heterocycles. The lowest BCUT2D eigenvalue weighted by molar-refractivity contribution is -0.384. The average molecular weight is 389 g/mol. The summed E-state index contributed by atoms with van der Waals surface area (Å²) in [6.45, 7) is 0. The molecule has 0 spiro atoms. The van der Waals surface area contributed by atoms with Gasteiger partial charge in [0.25, 0.3) is 5.69 Å². The van der Waals surface area contributed by atoms with Gasteiger partial charge in [-0.15, -0.1) is 0 Å². The smallest absolute Gasteiger partial charge is 0.277 e. The van der Waals surface area contributed by atoms with Gasteiger partial charge in [-0.3, -0.25) is 14.5 Å². The van der Waals surface area contributed by atoms with Gasteiger partial charge in [0.1, 0.15) is 5.65 Å². The van der Waals surface area contributed by atoms with Gasteiger partial charge in [0.2, 0.25) is 0 Å². The van der Waals surface area contributed by atoms with E-state index in [1.54, 1.807) is 18.2 Å². The van der Waals surface area contributed by atoms with Crippen LogP contribution in [0.2, 0.25) is 0 Å². The number of para-hydroxylation sites is 3. The van der Waals surface area contributed by atoms with Crippen LogP contribution in [0.1, 0.15) is 0 Å². The van der Waals surface area contributed by atoms with Crippen molar-refractivity contribution in [2.45, 2.75) is 0 Å². The number of pyridine rings is 1. The first-order valence-electron chi connectivity index (χ1n) is 9.68. The molecule has 5 heteroatoms. The Balaban J connectivity index is 1.81. The third-order valence-electron chi connectivity index (χ3n) is 5.67. The molecule has 0 atom stereocenters. The Bertz CT molecular complexity index is 1630. The van der Waals surface area contributed by atoms with E-state index >= 15 is 0 Å². The normalized spacial score (nSPS) is 11.6. The van der Waals surface area contributed by atoms with E-state index in [2.05, 4.69) is 28.7 Å². The van der Waals surface area contributed by atoms with Crippen molar-refractivity contribution < 1.29 is 4.92 Å². The molecule has 2 aromatic heterocycles. The van der Waals surface area contributed by atoms with Gasteiger partial charge in [-0.1, -0.05) is 60.7 Å². The fourth-order valence-corrected chi connectivity index (χ4v) is 4.35. The lowest BCUT2D eigenvalue weighted by Gasteiger charge is -2.11. The summed E-state index contributed by atoms with van der Waals surface area (Å²) in [5.74, 6) is 0. The van der Waals surface area contributed by atoms with Crippen molar-refractivity contribution in [1.29, 1.82) is 0 Å². The molecule has 6 rings (SSSR count). The monoisotopic (exact) mass is 389 g/mol. The summed E-state index contributed by atoms with van der Waals surface area (Å²) < 4.78 is 2.16. The first-order valence-corrected chi connectivity index (χ1v) is 9.68. The molecule has 0 bridgehead atoms. The standard InChI is InChI=1S/C25H15N3O2/c29-28(30)22-11-5-3-7-17(22)16-13-14-19-18-8-1-2-9-20(18)25-26-21-10-4-6-12-23(21)27(25)24(19)15-16/h1-15H. The summed E-state index contributed by atoms with van der Waals surface area (Å²) in [6.07, 6.45) is 0. The van der Waals surface area contributed by atoms with Crippen molar-refractivity contribution in [3.05, 3.63) is 101 Å². The maximum absolute atomic E-state index is 11.6. The number of nitro benzene ring substituents is 1. The summed E-state index contributed by atoms with van der Waals surface area (Å²) in [5.41, 5.74) is 5.32. The molecule has 0 saturated carbocycles. The van der Waals surface area contributed by atoms with E-state index in [0.29, 0.717) is 5.56 Å². The van der Waals surface area contributed by atoms with E-state index in [1.807, 2.05) is 48.5 Å². The van der Waals surface area contributed by atoms with Crippen molar-refractivity contribution in [3.8, 4) is 11.1 Å². The quantitative estimate of drug-likeness (QED) is 0.196. The second-order valence-electron chi connectivity index (χ2n) is 7.31. The number of imidazole rings is 1. The highest BCUT2D eigenvalue weighted by molar-refractivity contribution is 6.14. The van der Waals surface area contributed by atoms with Gasteiger partial charge < -0.3 is 0 Å². The average Bonchev–Trinajstić information content (AvgIpc) is 3.19. The van der Waals surface area contributed by atoms with Crippen LogP contribution < -0.4 is 0 Å². The Morgan fingerprint density at radius 2 is 1.47 bits per heavy atom. The second kappa shape index (κ2) is 6.12. The minimum Gasteiger partial charge on any atom is -0.292 e. The lowest BCUT2D eigenvalue weighted by atomic mass is 9.99. The van der Waals surface area contributed by atoms with E-state index in [9.17, 15) is 10.1 Å². The number of hydrogen-bond acceptors (Lipinski definition) is 3. The third-order valence-corrected chi connectivity index (χ3v) is 5.67. The Morgan fingerprint density at radius 3 is 2.33 bits per heavy atom. The molecule has 4 aromatic carbocycles. The molecule has 0 N–H and O–H groups in total. The number of rotatable bonds is 2. The Kier molecular flexibility index (Phi) is 3.40. The SMILES string of the molecule is O=[N+]([O-])c1ccccc1-c1ccc2c3ccccc3c3nc4ccccc4n3c2c1. The van der Waals surface area contributed by atoms with E-state index in [0.717, 1.165) is 43.9 Å². The van der Waals surface area contributed by atoms with Crippen molar-refractivity contribution in [3.63, 3.8) is 0 Å². The number of nitro groups is 1. The van der Waals surface area contributed by atoms with E-state index < -0.39 is 0 Å². The number of fused-ring (bicyclic) bond motifs is 8. The summed E-state index contributed by atoms with van der Waals surface area (Å²) in [5, 5.41) is 14.9. The molecule has 2 heterocycles. The highest BCUT2D eigenvalue weighted by Gasteiger charge is 2.17. The summed E-state index contributed by atoms with van der Waals surface area (Å²) >= 11 is 0. The maximum Gasteiger partial charge on any atom is 0.277 e. The predicted octanol–water partition coefficient (Wildman–Crippen LogP) is 6.37. The minimum absolute atomic E-state index is 0.101. The molecule has 0 aliphatic carbocycles. The Morgan fingerprint density at radius 1 is 0.733 bits per heavy atom. The van der Waals surface area contributed by atoms with Crippen LogP contribution in [0.3, 0.4) is 0 Å². The van der Waals surface area contributed by atoms with Crippen molar-refractivity contribution in [1.82, 2.24) is 9.38 Å². The molecular formula is C25H15N3O2. The van der Waals surface area contributed by atoms with Crippen LogP contribution in [0.25, 0.3) is 49.5 Å². The summed E-state index contributed by atoms with van der Waals surface area (Å²) in [7, 11) is 0. The zero-order valence-corrected chi connectivity index (χ0v) is 15.8. The highest BCUT2D eigenvalue weighted by Crippen LogP contribution is 2.36. The van der Waals surface area contributed by atoms with E-state index in [4.69, 9.17) is 4.98 Å². The number of nitrogens with zero attached hydrogens (tertiary/aromatic N) is 3. The number of aromatic nitrogens is 2. The number of hydrogen-bond donors (Lipinski definition) is 0. The van der Waals surface area contributed by atoms with Crippen LogP contribution >= 0.6 is 0 Å². The van der Waals surface area contributed by atoms with E-state index in [1.165, 1.54) is 0 Å². The first-order chi connectivity index (χ1) is 14.7. The Labute approximate surface area is 171 Å². The van der Waals surface area contributed by atoms with Gasteiger partial charge in [-0.2, -0.15) is 0 Å². The summed E-state index contributed by atoms with van der Waals surface area (Å²) in [6, 6.07) is 29.2. The number of benzene rings is 4. The van der Waals surface area contributed by atoms with Gasteiger partial charge in [0.15, 0.2) is 0 Å². The molecule has 0 fully saturated rings. The molecule has 30 heavy (non-hydrogen) atoms. The molecule has 0 aliphatic rings. The molecule has 5 nitrogen and oxygen atoms in total. The van der Waals surface area contributed by atoms with Gasteiger partial charge in [0, 0.05) is 16.8 Å². The van der Waals surface area contributed by atoms with Gasteiger partial charge >= 0.3 is 0 Å². The summed E-state index contributed by atoms with van der Waals surface area (Å²) in [4.78, 5) is 16.1. The fourth-order valence-electron chi connectivity index (χ4n) is 4.35. The van der Waals surface area contributed by atoms with Crippen LogP contribution in [0.4, 0.5) is 5.69 Å². The minimum atomic E-state index is -0.331. The maximum atomic E-state index is 11.6. The first kappa shape index (κ1) is 16.7. The largest absolute Gasteiger partial charge is 0.292 e. The van der Waals surface area contributed by atoms with Crippen LogP contribution in [0, 0.1) is 10.1 Å². The molecule has 0 saturated heterocycles. The molecule has 0 radical (unpaired) electrons. The predicted molar refractivity (Wildman–Crippen MR) is 120 cm³/mol. The zero-order valence-electron chi connectivity index (χ0n) is 15.8. The van der Waals surface area contributed by atoms with Gasteiger partial charge in [-0.25, -0.2) is 4.98 Å². The Hall–Kier alpha value is -4.25. The second-order valence-corrected chi connectivity index (χ2v) is 7.31. The lowest BCUT2D eigenvalue weighted by Crippen LogP contribution is -1.94. The highest BCUT2D eigenvalue weighted by atomic mass is 16.6. The molecule has 0 amide bonds. The fraction of sp³-hybridized carbons (Fsp3) is 0. The van der Waals surface area contributed by atoms with Crippen LogP contribution in [0.5, 0.6) is 0 Å². The topological polar surface area (TPSA) is 60.4 Å². The van der Waals surface area contributed by atoms with E-state index in [-0.39, 0.29) is 10.6 Å². The molecular weight excluding hydrogens is 374 g/mol. The third kappa shape index (κ3) is 2.26. The van der Waals surface area contributed by atoms with Crippen LogP contribution in [-0.4, -0.2) is 14.3 Å². The van der Waals surface area contributed by atoms with Crippen molar-refractivity contribution in [2.24, 2.45) is 0 Å². The van der Waals surface area contributed by atoms with Crippen LogP contribution in [0.15, 0.2) is 91.0 Å². The van der Waals surface area contributed by atoms with Crippen LogP contribution in [-0.2, 0) is 0 Å². The molecule has 6 aromatic rings. The van der Waals surface area contributed by atoms with Gasteiger partial charge in [0.05, 0.1) is 27.0 Å². The zero-order chi connectivity index (χ0) is 20.2.